The molecule has 7 heteroatoms. The molecule has 0 fully saturated rings. The normalized spacial score (nSPS) is 16.9. The van der Waals surface area contributed by atoms with Crippen molar-refractivity contribution in [2.75, 3.05) is 12.3 Å². The zero-order valence-corrected chi connectivity index (χ0v) is 11.1. The molecule has 1 atom stereocenters. The van der Waals surface area contributed by atoms with E-state index in [1.54, 1.807) is 5.38 Å². The number of nitrogens with zero attached hydrogens (tertiary/aromatic N) is 3. The lowest BCUT2D eigenvalue weighted by Gasteiger charge is -2.01. The van der Waals surface area contributed by atoms with Gasteiger partial charge in [-0.3, -0.25) is 0 Å². The molecule has 6 nitrogen and oxygen atoms in total. The Balaban J connectivity index is 1.70. The Hall–Kier alpha value is -2.41. The van der Waals surface area contributed by atoms with Gasteiger partial charge in [0.1, 0.15) is 18.1 Å². The Bertz CT molecular complexity index is 767. The molecule has 1 aliphatic rings. The maximum Gasteiger partial charge on any atom is 0.277 e. The van der Waals surface area contributed by atoms with Crippen molar-refractivity contribution in [1.29, 1.82) is 0 Å². The third kappa shape index (κ3) is 1.75. The summed E-state index contributed by atoms with van der Waals surface area (Å²) < 4.78 is 10.9. The van der Waals surface area contributed by atoms with Crippen molar-refractivity contribution in [3.63, 3.8) is 0 Å². The molecule has 0 saturated heterocycles. The van der Waals surface area contributed by atoms with Crippen molar-refractivity contribution in [2.45, 2.75) is 5.92 Å². The van der Waals surface area contributed by atoms with Crippen LogP contribution < -0.4 is 10.5 Å². The van der Waals surface area contributed by atoms with Gasteiger partial charge in [0.15, 0.2) is 11.0 Å². The van der Waals surface area contributed by atoms with Crippen LogP contribution in [0.4, 0.5) is 5.13 Å². The van der Waals surface area contributed by atoms with Gasteiger partial charge >= 0.3 is 0 Å². The maximum atomic E-state index is 5.63. The van der Waals surface area contributed by atoms with E-state index in [0.29, 0.717) is 29.1 Å². The molecule has 2 N–H and O–H groups in total. The molecule has 2 aromatic heterocycles. The van der Waals surface area contributed by atoms with Gasteiger partial charge in [-0.25, -0.2) is 4.98 Å². The molecule has 0 saturated carbocycles. The first kappa shape index (κ1) is 11.4. The molecule has 3 heterocycles. The molecule has 1 aromatic carbocycles. The number of anilines is 1. The van der Waals surface area contributed by atoms with Crippen molar-refractivity contribution in [1.82, 2.24) is 15.1 Å². The van der Waals surface area contributed by atoms with Gasteiger partial charge in [-0.05, 0) is 6.07 Å². The minimum absolute atomic E-state index is 0.000294. The lowest BCUT2D eigenvalue weighted by atomic mass is 10.0. The average molecular weight is 286 g/mol. The number of para-hydroxylation sites is 1. The van der Waals surface area contributed by atoms with Crippen LogP contribution in [-0.2, 0) is 0 Å². The largest absolute Gasteiger partial charge is 0.492 e. The Morgan fingerprint density at radius 2 is 2.15 bits per heavy atom. The lowest BCUT2D eigenvalue weighted by molar-refractivity contribution is 0.334. The number of benzene rings is 1. The van der Waals surface area contributed by atoms with E-state index in [2.05, 4.69) is 15.1 Å². The highest BCUT2D eigenvalue weighted by atomic mass is 32.1. The van der Waals surface area contributed by atoms with Crippen LogP contribution in [0.5, 0.6) is 5.75 Å². The molecule has 0 spiro atoms. The number of hydrogen-bond acceptors (Lipinski definition) is 7. The standard InChI is InChI=1S/C13H10N4O2S/c14-13-15-9(6-20-13)12-16-11(17-19-12)8-5-18-10-4-2-1-3-7(8)10/h1-4,6,8H,5H2,(H2,14,15). The molecular formula is C13H10N4O2S. The fourth-order valence-electron chi connectivity index (χ4n) is 2.24. The Kier molecular flexibility index (Phi) is 2.46. The van der Waals surface area contributed by atoms with Crippen molar-refractivity contribution in [2.24, 2.45) is 0 Å². The minimum Gasteiger partial charge on any atom is -0.492 e. The van der Waals surface area contributed by atoms with Gasteiger partial charge in [0.2, 0.25) is 0 Å². The lowest BCUT2D eigenvalue weighted by Crippen LogP contribution is -2.04. The highest BCUT2D eigenvalue weighted by Gasteiger charge is 2.29. The van der Waals surface area contributed by atoms with Gasteiger partial charge in [0.25, 0.3) is 5.89 Å². The van der Waals surface area contributed by atoms with E-state index in [0.717, 1.165) is 11.3 Å². The minimum atomic E-state index is -0.000294. The molecule has 4 rings (SSSR count). The molecule has 0 bridgehead atoms. The van der Waals surface area contributed by atoms with E-state index >= 15 is 0 Å². The van der Waals surface area contributed by atoms with E-state index in [-0.39, 0.29) is 5.92 Å². The number of fused-ring (bicyclic) bond motifs is 1. The van der Waals surface area contributed by atoms with E-state index in [1.807, 2.05) is 24.3 Å². The number of aromatic nitrogens is 3. The number of thiazole rings is 1. The Labute approximate surface area is 118 Å². The molecule has 0 radical (unpaired) electrons. The summed E-state index contributed by atoms with van der Waals surface area (Å²) in [5.74, 6) is 1.87. The summed E-state index contributed by atoms with van der Waals surface area (Å²) in [6, 6.07) is 7.88. The molecule has 100 valence electrons. The van der Waals surface area contributed by atoms with Crippen LogP contribution in [0.3, 0.4) is 0 Å². The van der Waals surface area contributed by atoms with Crippen LogP contribution in [0.15, 0.2) is 34.2 Å². The topological polar surface area (TPSA) is 87.1 Å². The third-order valence-electron chi connectivity index (χ3n) is 3.19. The number of rotatable bonds is 2. The maximum absolute atomic E-state index is 5.63. The summed E-state index contributed by atoms with van der Waals surface area (Å²) in [6.07, 6.45) is 0. The van der Waals surface area contributed by atoms with Gasteiger partial charge in [-0.2, -0.15) is 4.98 Å². The van der Waals surface area contributed by atoms with E-state index in [4.69, 9.17) is 15.0 Å². The second-order valence-electron chi connectivity index (χ2n) is 4.43. The summed E-state index contributed by atoms with van der Waals surface area (Å²) in [7, 11) is 0. The molecule has 0 amide bonds. The van der Waals surface area contributed by atoms with Crippen LogP contribution in [0.2, 0.25) is 0 Å². The van der Waals surface area contributed by atoms with Gasteiger partial charge in [-0.1, -0.05) is 23.4 Å². The number of hydrogen-bond donors (Lipinski definition) is 1. The quantitative estimate of drug-likeness (QED) is 0.777. The van der Waals surface area contributed by atoms with Crippen molar-refractivity contribution in [3.8, 4) is 17.3 Å². The van der Waals surface area contributed by atoms with Gasteiger partial charge in [-0.15, -0.1) is 11.3 Å². The summed E-state index contributed by atoms with van der Waals surface area (Å²) in [5, 5.41) is 6.32. The number of ether oxygens (including phenoxy) is 1. The smallest absolute Gasteiger partial charge is 0.277 e. The van der Waals surface area contributed by atoms with Crippen molar-refractivity contribution < 1.29 is 9.26 Å². The number of nitrogens with two attached hydrogens (primary N) is 1. The summed E-state index contributed by atoms with van der Waals surface area (Å²) in [4.78, 5) is 8.54. The van der Waals surface area contributed by atoms with Crippen molar-refractivity contribution >= 4 is 16.5 Å². The fraction of sp³-hybridized carbons (Fsp3) is 0.154. The van der Waals surface area contributed by atoms with Gasteiger partial charge < -0.3 is 15.0 Å². The predicted molar refractivity (Wildman–Crippen MR) is 73.6 cm³/mol. The zero-order chi connectivity index (χ0) is 13.5. The zero-order valence-electron chi connectivity index (χ0n) is 10.3. The summed E-state index contributed by atoms with van der Waals surface area (Å²) in [6.45, 7) is 0.525. The van der Waals surface area contributed by atoms with Crippen LogP contribution in [-0.4, -0.2) is 21.7 Å². The molecule has 0 aliphatic carbocycles. The third-order valence-corrected chi connectivity index (χ3v) is 3.87. The van der Waals surface area contributed by atoms with Crippen molar-refractivity contribution in [3.05, 3.63) is 41.0 Å². The first-order valence-electron chi connectivity index (χ1n) is 6.08. The van der Waals surface area contributed by atoms with Crippen LogP contribution in [0.25, 0.3) is 11.6 Å². The molecular weight excluding hydrogens is 276 g/mol. The first-order valence-corrected chi connectivity index (χ1v) is 6.96. The second-order valence-corrected chi connectivity index (χ2v) is 5.32. The molecule has 1 unspecified atom stereocenters. The van der Waals surface area contributed by atoms with Crippen LogP contribution in [0, 0.1) is 0 Å². The van der Waals surface area contributed by atoms with Crippen LogP contribution >= 0.6 is 11.3 Å². The van der Waals surface area contributed by atoms with Gasteiger partial charge in [0.05, 0.1) is 5.92 Å². The summed E-state index contributed by atoms with van der Waals surface area (Å²) >= 11 is 1.34. The first-order chi connectivity index (χ1) is 9.81. The molecule has 20 heavy (non-hydrogen) atoms. The SMILES string of the molecule is Nc1nc(-c2nc(C3COc4ccccc43)no2)cs1. The average Bonchev–Trinajstić information content (AvgIpc) is 3.15. The fourth-order valence-corrected chi connectivity index (χ4v) is 2.78. The van der Waals surface area contributed by atoms with E-state index in [9.17, 15) is 0 Å². The summed E-state index contributed by atoms with van der Waals surface area (Å²) in [5.41, 5.74) is 7.30. The second kappa shape index (κ2) is 4.31. The highest BCUT2D eigenvalue weighted by Crippen LogP contribution is 2.37. The molecule has 1 aliphatic heterocycles. The molecule has 3 aromatic rings. The number of nitrogen functional groups attached to an aromatic ring is 1. The Morgan fingerprint density at radius 1 is 1.25 bits per heavy atom. The highest BCUT2D eigenvalue weighted by molar-refractivity contribution is 7.13. The van der Waals surface area contributed by atoms with Crippen LogP contribution in [0.1, 0.15) is 17.3 Å². The van der Waals surface area contributed by atoms with Gasteiger partial charge in [0, 0.05) is 10.9 Å². The predicted octanol–water partition coefficient (Wildman–Crippen LogP) is 2.30. The van der Waals surface area contributed by atoms with E-state index < -0.39 is 0 Å². The Morgan fingerprint density at radius 3 is 3.00 bits per heavy atom. The van der Waals surface area contributed by atoms with E-state index in [1.165, 1.54) is 11.3 Å². The monoisotopic (exact) mass is 286 g/mol.